The highest BCUT2D eigenvalue weighted by molar-refractivity contribution is 7.99. The van der Waals surface area contributed by atoms with Crippen molar-refractivity contribution in [2.45, 2.75) is 18.6 Å². The molecule has 1 heterocycles. The molecule has 1 aliphatic heterocycles. The van der Waals surface area contributed by atoms with E-state index in [1.54, 1.807) is 23.9 Å². The first-order valence-corrected chi connectivity index (χ1v) is 7.14. The molecule has 1 aromatic rings. The second-order valence-electron chi connectivity index (χ2n) is 4.70. The molecule has 1 amide bonds. The number of hydrogen-bond donors (Lipinski definition) is 3. The molecule has 1 unspecified atom stereocenters. The van der Waals surface area contributed by atoms with Crippen LogP contribution in [0, 0.1) is 0 Å². The molecule has 1 aliphatic rings. The Bertz CT molecular complexity index is 431. The Labute approximate surface area is 111 Å². The van der Waals surface area contributed by atoms with E-state index in [9.17, 15) is 9.90 Å². The molecule has 4 N–H and O–H groups in total. The number of aliphatic hydroxyl groups is 1. The van der Waals surface area contributed by atoms with Crippen LogP contribution in [0.25, 0.3) is 0 Å². The zero-order valence-electron chi connectivity index (χ0n) is 10.2. The average molecular weight is 266 g/mol. The summed E-state index contributed by atoms with van der Waals surface area (Å²) in [5, 5.41) is 13.4. The van der Waals surface area contributed by atoms with Gasteiger partial charge in [-0.3, -0.25) is 4.79 Å². The zero-order valence-corrected chi connectivity index (χ0v) is 11.0. The molecule has 2 rings (SSSR count). The fourth-order valence-electron chi connectivity index (χ4n) is 2.01. The standard InChI is InChI=1S/C13H18N2O2S/c14-12(16)11-3-1-2-10(6-11)7-15-8-13(17)4-5-18-9-13/h1-3,6,15,17H,4-5,7-9H2,(H2,14,16). The van der Waals surface area contributed by atoms with Gasteiger partial charge in [0.25, 0.3) is 0 Å². The van der Waals surface area contributed by atoms with E-state index in [1.165, 1.54) is 0 Å². The molecule has 0 radical (unpaired) electrons. The Balaban J connectivity index is 1.86. The number of benzene rings is 1. The quantitative estimate of drug-likeness (QED) is 0.735. The van der Waals surface area contributed by atoms with Gasteiger partial charge in [-0.1, -0.05) is 12.1 Å². The van der Waals surface area contributed by atoms with Crippen LogP contribution < -0.4 is 11.1 Å². The van der Waals surface area contributed by atoms with Gasteiger partial charge in [0.05, 0.1) is 5.60 Å². The highest BCUT2D eigenvalue weighted by Crippen LogP contribution is 2.26. The molecule has 5 heteroatoms. The zero-order chi connectivity index (χ0) is 13.0. The third-order valence-corrected chi connectivity index (χ3v) is 4.31. The van der Waals surface area contributed by atoms with E-state index in [2.05, 4.69) is 5.32 Å². The van der Waals surface area contributed by atoms with Gasteiger partial charge in [-0.2, -0.15) is 11.8 Å². The maximum absolute atomic E-state index is 11.0. The molecule has 4 nitrogen and oxygen atoms in total. The van der Waals surface area contributed by atoms with E-state index in [0.29, 0.717) is 18.7 Å². The Morgan fingerprint density at radius 1 is 1.56 bits per heavy atom. The maximum atomic E-state index is 11.0. The molecule has 0 aliphatic carbocycles. The summed E-state index contributed by atoms with van der Waals surface area (Å²) >= 11 is 1.78. The van der Waals surface area contributed by atoms with Gasteiger partial charge < -0.3 is 16.2 Å². The van der Waals surface area contributed by atoms with Crippen molar-refractivity contribution in [1.82, 2.24) is 5.32 Å². The molecule has 0 spiro atoms. The van der Waals surface area contributed by atoms with Crippen molar-refractivity contribution in [3.63, 3.8) is 0 Å². The van der Waals surface area contributed by atoms with Crippen molar-refractivity contribution in [3.05, 3.63) is 35.4 Å². The lowest BCUT2D eigenvalue weighted by Crippen LogP contribution is -2.40. The normalized spacial score (nSPS) is 23.2. The van der Waals surface area contributed by atoms with Gasteiger partial charge in [0.15, 0.2) is 0 Å². The second kappa shape index (κ2) is 5.73. The number of carbonyl (C=O) groups excluding carboxylic acids is 1. The predicted octanol–water partition coefficient (Wildman–Crippen LogP) is 0.743. The summed E-state index contributed by atoms with van der Waals surface area (Å²) in [4.78, 5) is 11.0. The largest absolute Gasteiger partial charge is 0.388 e. The third kappa shape index (κ3) is 3.48. The smallest absolute Gasteiger partial charge is 0.248 e. The number of nitrogens with two attached hydrogens (primary N) is 1. The van der Waals surface area contributed by atoms with Crippen LogP contribution in [0.4, 0.5) is 0 Å². The first kappa shape index (κ1) is 13.4. The van der Waals surface area contributed by atoms with Crippen molar-refractivity contribution in [3.8, 4) is 0 Å². The Hall–Kier alpha value is -1.04. The number of primary amides is 1. The van der Waals surface area contributed by atoms with Gasteiger partial charge in [-0.25, -0.2) is 0 Å². The van der Waals surface area contributed by atoms with Crippen molar-refractivity contribution >= 4 is 17.7 Å². The van der Waals surface area contributed by atoms with Crippen molar-refractivity contribution in [2.75, 3.05) is 18.1 Å². The lowest BCUT2D eigenvalue weighted by molar-refractivity contribution is 0.0674. The van der Waals surface area contributed by atoms with E-state index < -0.39 is 11.5 Å². The SMILES string of the molecule is NC(=O)c1cccc(CNCC2(O)CCSC2)c1. The number of rotatable bonds is 5. The highest BCUT2D eigenvalue weighted by Gasteiger charge is 2.30. The number of hydrogen-bond acceptors (Lipinski definition) is 4. The summed E-state index contributed by atoms with van der Waals surface area (Å²) in [6, 6.07) is 7.24. The van der Waals surface area contributed by atoms with Gasteiger partial charge in [0.2, 0.25) is 5.91 Å². The first-order valence-electron chi connectivity index (χ1n) is 5.99. The summed E-state index contributed by atoms with van der Waals surface area (Å²) in [7, 11) is 0. The van der Waals surface area contributed by atoms with Crippen LogP contribution >= 0.6 is 11.8 Å². The van der Waals surface area contributed by atoms with E-state index in [1.807, 2.05) is 12.1 Å². The van der Waals surface area contributed by atoms with Crippen LogP contribution in [0.15, 0.2) is 24.3 Å². The third-order valence-electron chi connectivity index (χ3n) is 3.08. The molecule has 0 bridgehead atoms. The highest BCUT2D eigenvalue weighted by atomic mass is 32.2. The van der Waals surface area contributed by atoms with Crippen LogP contribution in [-0.4, -0.2) is 34.7 Å². The fraction of sp³-hybridized carbons (Fsp3) is 0.462. The van der Waals surface area contributed by atoms with Crippen molar-refractivity contribution in [2.24, 2.45) is 5.73 Å². The molecule has 0 saturated carbocycles. The van der Waals surface area contributed by atoms with E-state index >= 15 is 0 Å². The van der Waals surface area contributed by atoms with Gasteiger partial charge in [0, 0.05) is 24.4 Å². The topological polar surface area (TPSA) is 75.4 Å². The van der Waals surface area contributed by atoms with E-state index in [0.717, 1.165) is 23.5 Å². The minimum atomic E-state index is -0.577. The molecular formula is C13H18N2O2S. The molecular weight excluding hydrogens is 248 g/mol. The minimum Gasteiger partial charge on any atom is -0.388 e. The summed E-state index contributed by atoms with van der Waals surface area (Å²) in [6.45, 7) is 1.22. The molecule has 1 saturated heterocycles. The number of carbonyl (C=O) groups is 1. The Kier molecular flexibility index (Phi) is 4.27. The fourth-order valence-corrected chi connectivity index (χ4v) is 3.30. The summed E-state index contributed by atoms with van der Waals surface area (Å²) in [5.41, 5.74) is 6.17. The lowest BCUT2D eigenvalue weighted by atomic mass is 10.0. The molecule has 98 valence electrons. The molecule has 0 aromatic heterocycles. The summed E-state index contributed by atoms with van der Waals surface area (Å²) in [5.74, 6) is 1.40. The minimum absolute atomic E-state index is 0.414. The Morgan fingerprint density at radius 3 is 3.06 bits per heavy atom. The van der Waals surface area contributed by atoms with Crippen LogP contribution in [0.2, 0.25) is 0 Å². The molecule has 18 heavy (non-hydrogen) atoms. The number of nitrogens with one attached hydrogen (secondary N) is 1. The van der Waals surface area contributed by atoms with Crippen LogP contribution in [0.5, 0.6) is 0 Å². The van der Waals surface area contributed by atoms with Crippen molar-refractivity contribution in [1.29, 1.82) is 0 Å². The van der Waals surface area contributed by atoms with Gasteiger partial charge in [0.1, 0.15) is 0 Å². The summed E-state index contributed by atoms with van der Waals surface area (Å²) < 4.78 is 0. The maximum Gasteiger partial charge on any atom is 0.248 e. The molecule has 1 aromatic carbocycles. The van der Waals surface area contributed by atoms with Crippen molar-refractivity contribution < 1.29 is 9.90 Å². The monoisotopic (exact) mass is 266 g/mol. The van der Waals surface area contributed by atoms with Gasteiger partial charge in [-0.15, -0.1) is 0 Å². The van der Waals surface area contributed by atoms with E-state index in [4.69, 9.17) is 5.73 Å². The Morgan fingerprint density at radius 2 is 2.39 bits per heavy atom. The van der Waals surface area contributed by atoms with E-state index in [-0.39, 0.29) is 0 Å². The molecule has 1 atom stereocenters. The van der Waals surface area contributed by atoms with Crippen LogP contribution in [-0.2, 0) is 6.54 Å². The van der Waals surface area contributed by atoms with Crippen LogP contribution in [0.3, 0.4) is 0 Å². The van der Waals surface area contributed by atoms with Crippen LogP contribution in [0.1, 0.15) is 22.3 Å². The second-order valence-corrected chi connectivity index (χ2v) is 5.80. The first-order chi connectivity index (χ1) is 8.59. The number of amides is 1. The lowest BCUT2D eigenvalue weighted by Gasteiger charge is -2.21. The average Bonchev–Trinajstić information content (AvgIpc) is 2.77. The van der Waals surface area contributed by atoms with Gasteiger partial charge in [-0.05, 0) is 29.9 Å². The number of thioether (sulfide) groups is 1. The summed E-state index contributed by atoms with van der Waals surface area (Å²) in [6.07, 6.45) is 0.839. The molecule has 1 fully saturated rings. The predicted molar refractivity (Wildman–Crippen MR) is 73.6 cm³/mol. The van der Waals surface area contributed by atoms with Gasteiger partial charge >= 0.3 is 0 Å².